The van der Waals surface area contributed by atoms with E-state index in [4.69, 9.17) is 9.47 Å². The second kappa shape index (κ2) is 10.2. The number of hydrogen-bond donors (Lipinski definition) is 2. The van der Waals surface area contributed by atoms with Gasteiger partial charge in [-0.25, -0.2) is 9.78 Å². The predicted molar refractivity (Wildman–Crippen MR) is 114 cm³/mol. The molecule has 1 aliphatic heterocycles. The van der Waals surface area contributed by atoms with E-state index in [0.717, 1.165) is 42.3 Å². The van der Waals surface area contributed by atoms with Crippen molar-refractivity contribution >= 4 is 17.5 Å². The molecule has 29 heavy (non-hydrogen) atoms. The van der Waals surface area contributed by atoms with Crippen LogP contribution in [0.2, 0.25) is 0 Å². The van der Waals surface area contributed by atoms with Crippen molar-refractivity contribution in [2.45, 2.75) is 46.1 Å². The Bertz CT molecular complexity index is 795. The standard InChI is InChI=1S/C22H30N4O3/c1-16(2)29-15-18-5-4-6-20(11-18)25-22(27)24-13-19-7-8-21(23-12-19)26-9-10-28-17(3)14-26/h4-8,11-12,16-17H,9-10,13-15H2,1-3H3,(H2,24,25,27)/t17-/m0/s1. The van der Waals surface area contributed by atoms with Gasteiger partial charge in [-0.1, -0.05) is 18.2 Å². The quantitative estimate of drug-likeness (QED) is 0.746. The normalized spacial score (nSPS) is 16.7. The van der Waals surface area contributed by atoms with Crippen LogP contribution >= 0.6 is 0 Å². The average molecular weight is 399 g/mol. The van der Waals surface area contributed by atoms with Gasteiger partial charge in [0.15, 0.2) is 0 Å². The number of ether oxygens (including phenoxy) is 2. The molecule has 1 fully saturated rings. The van der Waals surface area contributed by atoms with Crippen LogP contribution in [-0.2, 0) is 22.6 Å². The summed E-state index contributed by atoms with van der Waals surface area (Å²) in [6.45, 7) is 9.40. The van der Waals surface area contributed by atoms with Gasteiger partial charge in [-0.15, -0.1) is 0 Å². The number of carbonyl (C=O) groups is 1. The van der Waals surface area contributed by atoms with E-state index in [0.29, 0.717) is 13.2 Å². The van der Waals surface area contributed by atoms with Crippen molar-refractivity contribution in [1.82, 2.24) is 10.3 Å². The number of benzene rings is 1. The molecule has 1 saturated heterocycles. The number of carbonyl (C=O) groups excluding carboxylic acids is 1. The second-order valence-corrected chi connectivity index (χ2v) is 7.52. The van der Waals surface area contributed by atoms with Crippen LogP contribution in [0.5, 0.6) is 0 Å². The molecule has 0 bridgehead atoms. The van der Waals surface area contributed by atoms with E-state index in [1.54, 1.807) is 6.20 Å². The third-order valence-electron chi connectivity index (χ3n) is 4.60. The topological polar surface area (TPSA) is 75.7 Å². The van der Waals surface area contributed by atoms with Crippen molar-refractivity contribution in [2.24, 2.45) is 0 Å². The molecule has 156 valence electrons. The lowest BCUT2D eigenvalue weighted by Crippen LogP contribution is -2.41. The van der Waals surface area contributed by atoms with Gasteiger partial charge in [-0.05, 0) is 50.1 Å². The van der Waals surface area contributed by atoms with Crippen LogP contribution in [-0.4, -0.2) is 42.9 Å². The first-order chi connectivity index (χ1) is 14.0. The molecule has 7 heteroatoms. The van der Waals surface area contributed by atoms with Crippen LogP contribution in [0.25, 0.3) is 0 Å². The highest BCUT2D eigenvalue weighted by atomic mass is 16.5. The van der Waals surface area contributed by atoms with E-state index in [-0.39, 0.29) is 18.2 Å². The third-order valence-corrected chi connectivity index (χ3v) is 4.60. The molecule has 0 spiro atoms. The molecule has 1 aliphatic rings. The molecule has 2 N–H and O–H groups in total. The van der Waals surface area contributed by atoms with Crippen molar-refractivity contribution in [2.75, 3.05) is 29.9 Å². The minimum atomic E-state index is -0.252. The minimum absolute atomic E-state index is 0.168. The number of nitrogens with zero attached hydrogens (tertiary/aromatic N) is 2. The summed E-state index contributed by atoms with van der Waals surface area (Å²) in [6.07, 6.45) is 2.19. The summed E-state index contributed by atoms with van der Waals surface area (Å²) in [7, 11) is 0. The molecule has 2 amide bonds. The largest absolute Gasteiger partial charge is 0.375 e. The summed E-state index contributed by atoms with van der Waals surface area (Å²) in [5.74, 6) is 0.939. The van der Waals surface area contributed by atoms with Crippen molar-refractivity contribution in [3.05, 3.63) is 53.7 Å². The number of aromatic nitrogens is 1. The Hall–Kier alpha value is -2.64. The first kappa shape index (κ1) is 21.1. The van der Waals surface area contributed by atoms with Crippen LogP contribution in [0.1, 0.15) is 31.9 Å². The first-order valence-corrected chi connectivity index (χ1v) is 10.1. The number of rotatable bonds is 7. The first-order valence-electron chi connectivity index (χ1n) is 10.1. The molecule has 3 rings (SSSR count). The van der Waals surface area contributed by atoms with Gasteiger partial charge in [-0.2, -0.15) is 0 Å². The van der Waals surface area contributed by atoms with Gasteiger partial charge in [0.2, 0.25) is 0 Å². The fourth-order valence-electron chi connectivity index (χ4n) is 3.09. The lowest BCUT2D eigenvalue weighted by Gasteiger charge is -2.32. The fraction of sp³-hybridized carbons (Fsp3) is 0.455. The predicted octanol–water partition coefficient (Wildman–Crippen LogP) is 3.55. The van der Waals surface area contributed by atoms with E-state index < -0.39 is 0 Å². The highest BCUT2D eigenvalue weighted by Gasteiger charge is 2.17. The lowest BCUT2D eigenvalue weighted by molar-refractivity contribution is 0.0529. The molecule has 1 aromatic heterocycles. The van der Waals surface area contributed by atoms with Gasteiger partial charge in [0.05, 0.1) is 25.4 Å². The SMILES string of the molecule is CC(C)OCc1cccc(NC(=O)NCc2ccc(N3CCO[C@@H](C)C3)nc2)c1. The number of anilines is 2. The Morgan fingerprint density at radius 3 is 2.90 bits per heavy atom. The van der Waals surface area contributed by atoms with Crippen LogP contribution < -0.4 is 15.5 Å². The molecule has 0 radical (unpaired) electrons. The number of hydrogen-bond acceptors (Lipinski definition) is 5. The van der Waals surface area contributed by atoms with E-state index in [2.05, 4.69) is 27.4 Å². The molecule has 2 heterocycles. The van der Waals surface area contributed by atoms with Gasteiger partial charge in [0.1, 0.15) is 5.82 Å². The molecule has 0 aliphatic carbocycles. The number of amides is 2. The molecular formula is C22H30N4O3. The van der Waals surface area contributed by atoms with E-state index in [1.807, 2.05) is 50.2 Å². The van der Waals surface area contributed by atoms with Crippen molar-refractivity contribution in [3.8, 4) is 0 Å². The highest BCUT2D eigenvalue weighted by Crippen LogP contribution is 2.16. The highest BCUT2D eigenvalue weighted by molar-refractivity contribution is 5.89. The number of morpholine rings is 1. The summed E-state index contributed by atoms with van der Waals surface area (Å²) >= 11 is 0. The summed E-state index contributed by atoms with van der Waals surface area (Å²) in [4.78, 5) is 19.0. The van der Waals surface area contributed by atoms with Crippen LogP contribution in [0.4, 0.5) is 16.3 Å². The Morgan fingerprint density at radius 2 is 2.17 bits per heavy atom. The molecule has 2 aromatic rings. The van der Waals surface area contributed by atoms with Crippen molar-refractivity contribution in [1.29, 1.82) is 0 Å². The zero-order valence-corrected chi connectivity index (χ0v) is 17.4. The molecule has 1 atom stereocenters. The number of urea groups is 1. The fourth-order valence-corrected chi connectivity index (χ4v) is 3.09. The van der Waals surface area contributed by atoms with E-state index in [1.165, 1.54) is 0 Å². The van der Waals surface area contributed by atoms with Crippen LogP contribution in [0.15, 0.2) is 42.6 Å². The van der Waals surface area contributed by atoms with Crippen LogP contribution in [0, 0.1) is 0 Å². The van der Waals surface area contributed by atoms with Gasteiger partial charge in [-0.3, -0.25) is 0 Å². The molecule has 0 saturated carbocycles. The van der Waals surface area contributed by atoms with E-state index >= 15 is 0 Å². The molecule has 1 aromatic carbocycles. The van der Waals surface area contributed by atoms with E-state index in [9.17, 15) is 4.79 Å². The Kier molecular flexibility index (Phi) is 7.43. The smallest absolute Gasteiger partial charge is 0.319 e. The average Bonchev–Trinajstić information content (AvgIpc) is 2.71. The summed E-state index contributed by atoms with van der Waals surface area (Å²) in [6, 6.07) is 11.4. The zero-order chi connectivity index (χ0) is 20.6. The molecule has 0 unspecified atom stereocenters. The Morgan fingerprint density at radius 1 is 1.31 bits per heavy atom. The molecular weight excluding hydrogens is 368 g/mol. The number of nitrogens with one attached hydrogen (secondary N) is 2. The second-order valence-electron chi connectivity index (χ2n) is 7.52. The summed E-state index contributed by atoms with van der Waals surface area (Å²) in [5, 5.41) is 5.73. The summed E-state index contributed by atoms with van der Waals surface area (Å²) in [5.41, 5.74) is 2.71. The zero-order valence-electron chi connectivity index (χ0n) is 17.4. The maximum atomic E-state index is 12.2. The van der Waals surface area contributed by atoms with Gasteiger partial charge >= 0.3 is 6.03 Å². The van der Waals surface area contributed by atoms with Crippen LogP contribution in [0.3, 0.4) is 0 Å². The third kappa shape index (κ3) is 6.73. The van der Waals surface area contributed by atoms with Gasteiger partial charge in [0, 0.05) is 31.5 Å². The maximum Gasteiger partial charge on any atom is 0.319 e. The van der Waals surface area contributed by atoms with Gasteiger partial charge in [0.25, 0.3) is 0 Å². The molecule has 7 nitrogen and oxygen atoms in total. The Balaban J connectivity index is 1.47. The van der Waals surface area contributed by atoms with Crippen molar-refractivity contribution in [3.63, 3.8) is 0 Å². The maximum absolute atomic E-state index is 12.2. The lowest BCUT2D eigenvalue weighted by atomic mass is 10.2. The summed E-state index contributed by atoms with van der Waals surface area (Å²) < 4.78 is 11.2. The monoisotopic (exact) mass is 398 g/mol. The number of pyridine rings is 1. The Labute approximate surface area is 172 Å². The van der Waals surface area contributed by atoms with Gasteiger partial charge < -0.3 is 25.0 Å². The van der Waals surface area contributed by atoms with Crippen molar-refractivity contribution < 1.29 is 14.3 Å². The minimum Gasteiger partial charge on any atom is -0.375 e.